The first kappa shape index (κ1) is 21.3. The van der Waals surface area contributed by atoms with Crippen molar-refractivity contribution in [1.29, 1.82) is 0 Å². The van der Waals surface area contributed by atoms with Gasteiger partial charge in [0.15, 0.2) is 0 Å². The van der Waals surface area contributed by atoms with E-state index in [1.165, 1.54) is 24.3 Å². The first-order chi connectivity index (χ1) is 11.9. The zero-order chi connectivity index (χ0) is 20.1. The molecule has 0 saturated heterocycles. The Bertz CT molecular complexity index is 644. The SMILES string of the molecule is COC(=O)C(C(=O)Nc1ccccc1)C(=O)OC(C(F)(F)F)C(F)(F)F. The minimum atomic E-state index is -6.00. The number of amides is 1. The fourth-order valence-electron chi connectivity index (χ4n) is 1.67. The third-order valence-electron chi connectivity index (χ3n) is 2.80. The molecule has 1 amide bonds. The van der Waals surface area contributed by atoms with E-state index in [0.29, 0.717) is 7.11 Å². The fourth-order valence-corrected chi connectivity index (χ4v) is 1.67. The Hall–Kier alpha value is -2.79. The Labute approximate surface area is 142 Å². The van der Waals surface area contributed by atoms with Gasteiger partial charge in [-0.2, -0.15) is 26.3 Å². The maximum atomic E-state index is 12.5. The van der Waals surface area contributed by atoms with Crippen LogP contribution in [0.4, 0.5) is 32.0 Å². The van der Waals surface area contributed by atoms with E-state index in [4.69, 9.17) is 0 Å². The highest BCUT2D eigenvalue weighted by Crippen LogP contribution is 2.36. The topological polar surface area (TPSA) is 81.7 Å². The zero-order valence-electron chi connectivity index (χ0n) is 12.9. The molecule has 1 unspecified atom stereocenters. The second-order valence-electron chi connectivity index (χ2n) is 4.71. The van der Waals surface area contributed by atoms with Crippen LogP contribution in [0.2, 0.25) is 0 Å². The quantitative estimate of drug-likeness (QED) is 0.477. The summed E-state index contributed by atoms with van der Waals surface area (Å²) in [5, 5.41) is 1.99. The molecule has 0 aliphatic heterocycles. The minimum absolute atomic E-state index is 0.0300. The lowest BCUT2D eigenvalue weighted by Gasteiger charge is -2.24. The highest BCUT2D eigenvalue weighted by molar-refractivity contribution is 6.18. The van der Waals surface area contributed by atoms with Crippen LogP contribution in [0.15, 0.2) is 30.3 Å². The van der Waals surface area contributed by atoms with Crippen molar-refractivity contribution in [2.24, 2.45) is 5.92 Å². The van der Waals surface area contributed by atoms with Crippen molar-refractivity contribution in [3.8, 4) is 0 Å². The number of hydrogen-bond acceptors (Lipinski definition) is 5. The van der Waals surface area contributed by atoms with E-state index in [9.17, 15) is 40.7 Å². The van der Waals surface area contributed by atoms with E-state index in [1.54, 1.807) is 6.07 Å². The summed E-state index contributed by atoms with van der Waals surface area (Å²) in [5.41, 5.74) is 0.0300. The molecule has 0 spiro atoms. The molecule has 1 N–H and O–H groups in total. The molecule has 12 heteroatoms. The highest BCUT2D eigenvalue weighted by Gasteiger charge is 2.60. The minimum Gasteiger partial charge on any atom is -0.468 e. The van der Waals surface area contributed by atoms with Gasteiger partial charge in [-0.25, -0.2) is 0 Å². The number of methoxy groups -OCH3 is 1. The summed E-state index contributed by atoms with van der Waals surface area (Å²) >= 11 is 0. The monoisotopic (exact) mass is 387 g/mol. The largest absolute Gasteiger partial charge is 0.468 e. The number of hydrogen-bond donors (Lipinski definition) is 1. The average Bonchev–Trinajstić information content (AvgIpc) is 2.51. The van der Waals surface area contributed by atoms with Crippen LogP contribution in [-0.2, 0) is 23.9 Å². The van der Waals surface area contributed by atoms with Gasteiger partial charge in [0.25, 0.3) is 6.10 Å². The number of nitrogens with one attached hydrogen (secondary N) is 1. The summed E-state index contributed by atoms with van der Waals surface area (Å²) in [7, 11) is 0.684. The zero-order valence-corrected chi connectivity index (χ0v) is 12.9. The molecule has 0 bridgehead atoms. The standard InChI is InChI=1S/C14H11F6NO5/c1-25-10(23)8(9(22)21-7-5-3-2-4-6-7)11(24)26-12(13(15,16)17)14(18,19)20/h2-6,8,12H,1H3,(H,21,22). The van der Waals surface area contributed by atoms with Crippen LogP contribution in [0.3, 0.4) is 0 Å². The molecule has 26 heavy (non-hydrogen) atoms. The van der Waals surface area contributed by atoms with Crippen molar-refractivity contribution in [3.63, 3.8) is 0 Å². The first-order valence-corrected chi connectivity index (χ1v) is 6.65. The van der Waals surface area contributed by atoms with E-state index in [2.05, 4.69) is 9.47 Å². The number of alkyl halides is 6. The molecule has 6 nitrogen and oxygen atoms in total. The van der Waals surface area contributed by atoms with E-state index in [1.807, 2.05) is 5.32 Å². The van der Waals surface area contributed by atoms with Crippen LogP contribution in [-0.4, -0.2) is 43.4 Å². The molecular weight excluding hydrogens is 376 g/mol. The summed E-state index contributed by atoms with van der Waals surface area (Å²) in [6, 6.07) is 7.01. The lowest BCUT2D eigenvalue weighted by Crippen LogP contribution is -2.48. The number of esters is 2. The Balaban J connectivity index is 3.06. The summed E-state index contributed by atoms with van der Waals surface area (Å²) < 4.78 is 82.2. The first-order valence-electron chi connectivity index (χ1n) is 6.65. The second-order valence-corrected chi connectivity index (χ2v) is 4.71. The molecule has 0 saturated carbocycles. The van der Waals surface area contributed by atoms with Gasteiger partial charge in [-0.15, -0.1) is 0 Å². The number of ether oxygens (including phenoxy) is 2. The predicted molar refractivity (Wildman–Crippen MR) is 72.6 cm³/mol. The van der Waals surface area contributed by atoms with Crippen molar-refractivity contribution in [2.75, 3.05) is 12.4 Å². The van der Waals surface area contributed by atoms with Gasteiger partial charge in [-0.1, -0.05) is 18.2 Å². The van der Waals surface area contributed by atoms with Gasteiger partial charge in [0.1, 0.15) is 0 Å². The summed E-state index contributed by atoms with van der Waals surface area (Å²) in [6.07, 6.45) is -16.5. The normalized spacial score (nSPS) is 13.1. The molecule has 1 atom stereocenters. The lowest BCUT2D eigenvalue weighted by molar-refractivity contribution is -0.314. The van der Waals surface area contributed by atoms with Gasteiger partial charge in [0, 0.05) is 5.69 Å². The van der Waals surface area contributed by atoms with Gasteiger partial charge >= 0.3 is 24.3 Å². The average molecular weight is 387 g/mol. The number of carbonyl (C=O) groups excluding carboxylic acids is 3. The molecule has 0 aliphatic rings. The van der Waals surface area contributed by atoms with Gasteiger partial charge in [0.2, 0.25) is 11.8 Å². The molecule has 0 aromatic heterocycles. The molecular formula is C14H11F6NO5. The van der Waals surface area contributed by atoms with E-state index in [-0.39, 0.29) is 5.69 Å². The van der Waals surface area contributed by atoms with Crippen molar-refractivity contribution in [2.45, 2.75) is 18.5 Å². The third kappa shape index (κ3) is 5.63. The van der Waals surface area contributed by atoms with Crippen LogP contribution in [0.5, 0.6) is 0 Å². The van der Waals surface area contributed by atoms with Crippen LogP contribution in [0.1, 0.15) is 0 Å². The van der Waals surface area contributed by atoms with Crippen molar-refractivity contribution in [3.05, 3.63) is 30.3 Å². The molecule has 0 aliphatic carbocycles. The Morgan fingerprint density at radius 3 is 1.85 bits per heavy atom. The molecule has 0 heterocycles. The number of anilines is 1. The number of carbonyl (C=O) groups is 3. The highest BCUT2D eigenvalue weighted by atomic mass is 19.4. The maximum absolute atomic E-state index is 12.5. The maximum Gasteiger partial charge on any atom is 0.434 e. The summed E-state index contributed by atoms with van der Waals surface area (Å²) in [5.74, 6) is -8.25. The number of halogens is 6. The number of para-hydroxylation sites is 1. The molecule has 1 rings (SSSR count). The van der Waals surface area contributed by atoms with E-state index < -0.39 is 42.2 Å². The van der Waals surface area contributed by atoms with Gasteiger partial charge in [-0.05, 0) is 12.1 Å². The number of benzene rings is 1. The molecule has 144 valence electrons. The van der Waals surface area contributed by atoms with Crippen LogP contribution >= 0.6 is 0 Å². The molecule has 1 aromatic carbocycles. The lowest BCUT2D eigenvalue weighted by atomic mass is 10.1. The van der Waals surface area contributed by atoms with Crippen LogP contribution in [0, 0.1) is 5.92 Å². The van der Waals surface area contributed by atoms with Crippen LogP contribution in [0.25, 0.3) is 0 Å². The third-order valence-corrected chi connectivity index (χ3v) is 2.80. The smallest absolute Gasteiger partial charge is 0.434 e. The Morgan fingerprint density at radius 1 is 0.923 bits per heavy atom. The summed E-state index contributed by atoms with van der Waals surface area (Å²) in [6.45, 7) is 0. The second kappa shape index (κ2) is 8.06. The van der Waals surface area contributed by atoms with Crippen LogP contribution < -0.4 is 5.32 Å². The molecule has 0 radical (unpaired) electrons. The van der Waals surface area contributed by atoms with Crippen molar-refractivity contribution >= 4 is 23.5 Å². The van der Waals surface area contributed by atoms with Crippen molar-refractivity contribution in [1.82, 2.24) is 0 Å². The number of rotatable bonds is 5. The van der Waals surface area contributed by atoms with Gasteiger partial charge < -0.3 is 14.8 Å². The molecule has 1 aromatic rings. The van der Waals surface area contributed by atoms with Gasteiger partial charge in [0.05, 0.1) is 7.11 Å². The molecule has 0 fully saturated rings. The van der Waals surface area contributed by atoms with Crippen molar-refractivity contribution < 1.29 is 50.2 Å². The Morgan fingerprint density at radius 2 is 1.42 bits per heavy atom. The Kier molecular flexibility index (Phi) is 6.59. The fraction of sp³-hybridized carbons (Fsp3) is 0.357. The predicted octanol–water partition coefficient (Wildman–Crippen LogP) is 2.45. The van der Waals surface area contributed by atoms with E-state index >= 15 is 0 Å². The summed E-state index contributed by atoms with van der Waals surface area (Å²) in [4.78, 5) is 35.2. The van der Waals surface area contributed by atoms with E-state index in [0.717, 1.165) is 0 Å². The van der Waals surface area contributed by atoms with Gasteiger partial charge in [-0.3, -0.25) is 14.4 Å².